The van der Waals surface area contributed by atoms with Gasteiger partial charge >= 0.3 is 5.97 Å². The van der Waals surface area contributed by atoms with Crippen LogP contribution in [0.3, 0.4) is 0 Å². The lowest BCUT2D eigenvalue weighted by atomic mass is 10.0. The van der Waals surface area contributed by atoms with Gasteiger partial charge in [0.15, 0.2) is 0 Å². The zero-order chi connectivity index (χ0) is 12.4. The second kappa shape index (κ2) is 4.83. The van der Waals surface area contributed by atoms with E-state index in [9.17, 15) is 9.59 Å². The first kappa shape index (κ1) is 12.0. The molecule has 1 amide bonds. The van der Waals surface area contributed by atoms with E-state index in [0.717, 1.165) is 12.8 Å². The second-order valence-electron chi connectivity index (χ2n) is 4.12. The second-order valence-corrected chi connectivity index (χ2v) is 4.97. The molecule has 5 nitrogen and oxygen atoms in total. The van der Waals surface area contributed by atoms with Crippen LogP contribution in [0.2, 0.25) is 0 Å². The first-order valence-electron chi connectivity index (χ1n) is 5.55. The van der Waals surface area contributed by atoms with Gasteiger partial charge in [0.05, 0.1) is 11.2 Å². The third kappa shape index (κ3) is 2.31. The minimum atomic E-state index is -0.916. The fourth-order valence-electron chi connectivity index (χ4n) is 2.07. The fourth-order valence-corrected chi connectivity index (χ4v) is 2.83. The zero-order valence-electron chi connectivity index (χ0n) is 9.55. The summed E-state index contributed by atoms with van der Waals surface area (Å²) < 4.78 is 0. The van der Waals surface area contributed by atoms with E-state index in [2.05, 4.69) is 4.98 Å². The molecule has 1 fully saturated rings. The molecule has 0 bridgehead atoms. The van der Waals surface area contributed by atoms with Crippen molar-refractivity contribution in [2.75, 3.05) is 6.54 Å². The Labute approximate surface area is 103 Å². The number of aromatic nitrogens is 1. The Morgan fingerprint density at radius 3 is 2.88 bits per heavy atom. The van der Waals surface area contributed by atoms with Gasteiger partial charge in [-0.3, -0.25) is 4.79 Å². The summed E-state index contributed by atoms with van der Waals surface area (Å²) in [5.74, 6) is -1.11. The third-order valence-electron chi connectivity index (χ3n) is 2.99. The van der Waals surface area contributed by atoms with Gasteiger partial charge in [0.2, 0.25) is 0 Å². The van der Waals surface area contributed by atoms with Gasteiger partial charge in [-0.05, 0) is 26.2 Å². The number of piperidine rings is 1. The summed E-state index contributed by atoms with van der Waals surface area (Å²) in [6, 6.07) is -0.683. The van der Waals surface area contributed by atoms with E-state index in [4.69, 9.17) is 5.11 Å². The van der Waals surface area contributed by atoms with Crippen LogP contribution in [0, 0.1) is 6.92 Å². The number of carboxylic acids is 1. The molecule has 0 aromatic carbocycles. The molecule has 1 N–H and O–H groups in total. The maximum atomic E-state index is 12.2. The Hall–Kier alpha value is -1.43. The number of amides is 1. The van der Waals surface area contributed by atoms with Gasteiger partial charge in [-0.15, -0.1) is 11.3 Å². The average molecular weight is 254 g/mol. The lowest BCUT2D eigenvalue weighted by Gasteiger charge is -2.32. The highest BCUT2D eigenvalue weighted by Crippen LogP contribution is 2.22. The Kier molecular flexibility index (Phi) is 3.42. The lowest BCUT2D eigenvalue weighted by Crippen LogP contribution is -2.47. The number of carbonyl (C=O) groups is 2. The third-order valence-corrected chi connectivity index (χ3v) is 3.91. The summed E-state index contributed by atoms with van der Waals surface area (Å²) >= 11 is 1.27. The summed E-state index contributed by atoms with van der Waals surface area (Å²) in [4.78, 5) is 29.4. The minimum absolute atomic E-state index is 0.197. The summed E-state index contributed by atoms with van der Waals surface area (Å²) in [5.41, 5.74) is 2.29. The monoisotopic (exact) mass is 254 g/mol. The number of hydrogen-bond donors (Lipinski definition) is 1. The molecule has 2 rings (SSSR count). The lowest BCUT2D eigenvalue weighted by molar-refractivity contribution is -0.143. The van der Waals surface area contributed by atoms with Crippen molar-refractivity contribution in [2.24, 2.45) is 0 Å². The van der Waals surface area contributed by atoms with E-state index in [1.165, 1.54) is 16.2 Å². The molecule has 0 radical (unpaired) electrons. The van der Waals surface area contributed by atoms with Crippen molar-refractivity contribution in [1.29, 1.82) is 0 Å². The number of nitrogens with zero attached hydrogens (tertiary/aromatic N) is 2. The topological polar surface area (TPSA) is 70.5 Å². The number of carboxylic acid groups (broad SMARTS) is 1. The van der Waals surface area contributed by atoms with Gasteiger partial charge in [0.1, 0.15) is 10.9 Å². The van der Waals surface area contributed by atoms with Crippen LogP contribution in [0.25, 0.3) is 0 Å². The van der Waals surface area contributed by atoms with Crippen molar-refractivity contribution in [1.82, 2.24) is 9.88 Å². The van der Waals surface area contributed by atoms with Crippen molar-refractivity contribution >= 4 is 23.2 Å². The molecule has 92 valence electrons. The largest absolute Gasteiger partial charge is 0.480 e. The van der Waals surface area contributed by atoms with E-state index in [0.29, 0.717) is 23.5 Å². The van der Waals surface area contributed by atoms with Gasteiger partial charge in [-0.25, -0.2) is 9.78 Å². The quantitative estimate of drug-likeness (QED) is 0.869. The van der Waals surface area contributed by atoms with Crippen molar-refractivity contribution in [3.05, 3.63) is 16.1 Å². The van der Waals surface area contributed by atoms with Crippen LogP contribution < -0.4 is 0 Å². The van der Waals surface area contributed by atoms with Gasteiger partial charge in [-0.2, -0.15) is 0 Å². The SMILES string of the molecule is Cc1ncsc1C(=O)N1CCCCC1C(=O)O. The van der Waals surface area contributed by atoms with Gasteiger partial charge in [0.25, 0.3) is 5.91 Å². The first-order valence-corrected chi connectivity index (χ1v) is 6.43. The van der Waals surface area contributed by atoms with Crippen LogP contribution in [0.4, 0.5) is 0 Å². The number of rotatable bonds is 2. The molecule has 0 aliphatic carbocycles. The highest BCUT2D eigenvalue weighted by Gasteiger charge is 2.33. The molecule has 1 aromatic heterocycles. The smallest absolute Gasteiger partial charge is 0.326 e. The van der Waals surface area contributed by atoms with E-state index in [1.54, 1.807) is 12.4 Å². The molecule has 6 heteroatoms. The number of likely N-dealkylation sites (tertiary alicyclic amines) is 1. The molecular weight excluding hydrogens is 240 g/mol. The summed E-state index contributed by atoms with van der Waals surface area (Å²) in [5, 5.41) is 9.12. The maximum Gasteiger partial charge on any atom is 0.326 e. The van der Waals surface area contributed by atoms with E-state index in [1.807, 2.05) is 0 Å². The number of aryl methyl sites for hydroxylation is 1. The van der Waals surface area contributed by atoms with Crippen LogP contribution in [0.1, 0.15) is 34.6 Å². The Morgan fingerprint density at radius 1 is 1.53 bits per heavy atom. The highest BCUT2D eigenvalue weighted by atomic mass is 32.1. The van der Waals surface area contributed by atoms with Crippen molar-refractivity contribution in [3.8, 4) is 0 Å². The molecule has 1 aliphatic heterocycles. The zero-order valence-corrected chi connectivity index (χ0v) is 10.4. The minimum Gasteiger partial charge on any atom is -0.480 e. The standard InChI is InChI=1S/C11H14N2O3S/c1-7-9(17-6-12-7)10(14)13-5-3-2-4-8(13)11(15)16/h6,8H,2-5H2,1H3,(H,15,16). The molecule has 0 saturated carbocycles. The molecule has 2 heterocycles. The van der Waals surface area contributed by atoms with Gasteiger partial charge in [-0.1, -0.05) is 0 Å². The summed E-state index contributed by atoms with van der Waals surface area (Å²) in [6.45, 7) is 2.29. The first-order chi connectivity index (χ1) is 8.11. The van der Waals surface area contributed by atoms with Crippen LogP contribution in [0.5, 0.6) is 0 Å². The van der Waals surface area contributed by atoms with E-state index < -0.39 is 12.0 Å². The van der Waals surface area contributed by atoms with E-state index in [-0.39, 0.29) is 5.91 Å². The summed E-state index contributed by atoms with van der Waals surface area (Å²) in [7, 11) is 0. The molecule has 1 aromatic rings. The molecular formula is C11H14N2O3S. The molecule has 17 heavy (non-hydrogen) atoms. The van der Waals surface area contributed by atoms with Crippen LogP contribution in [-0.2, 0) is 4.79 Å². The number of aliphatic carboxylic acids is 1. The molecule has 0 spiro atoms. The molecule has 1 saturated heterocycles. The maximum absolute atomic E-state index is 12.2. The van der Waals surface area contributed by atoms with Crippen LogP contribution in [0.15, 0.2) is 5.51 Å². The average Bonchev–Trinajstić information content (AvgIpc) is 2.74. The number of hydrogen-bond acceptors (Lipinski definition) is 4. The Morgan fingerprint density at radius 2 is 2.29 bits per heavy atom. The Balaban J connectivity index is 2.23. The Bertz CT molecular complexity index is 444. The van der Waals surface area contributed by atoms with Crippen molar-refractivity contribution < 1.29 is 14.7 Å². The predicted octanol–water partition coefficient (Wildman–Crippen LogP) is 1.53. The van der Waals surface area contributed by atoms with Crippen molar-refractivity contribution in [3.63, 3.8) is 0 Å². The fraction of sp³-hybridized carbons (Fsp3) is 0.545. The normalized spacial score (nSPS) is 20.3. The number of carbonyl (C=O) groups excluding carboxylic acids is 1. The summed E-state index contributed by atoms with van der Waals surface area (Å²) in [6.07, 6.45) is 2.27. The molecule has 1 atom stereocenters. The van der Waals surface area contributed by atoms with Gasteiger partial charge < -0.3 is 10.0 Å². The van der Waals surface area contributed by atoms with Crippen LogP contribution >= 0.6 is 11.3 Å². The predicted molar refractivity (Wildman–Crippen MR) is 63.2 cm³/mol. The van der Waals surface area contributed by atoms with Crippen molar-refractivity contribution in [2.45, 2.75) is 32.2 Å². The molecule has 1 aliphatic rings. The van der Waals surface area contributed by atoms with E-state index >= 15 is 0 Å². The van der Waals surface area contributed by atoms with Gasteiger partial charge in [0, 0.05) is 6.54 Å². The molecule has 1 unspecified atom stereocenters. The highest BCUT2D eigenvalue weighted by molar-refractivity contribution is 7.11. The number of thiazole rings is 1. The van der Waals surface area contributed by atoms with Crippen LogP contribution in [-0.4, -0.2) is 39.5 Å².